The lowest BCUT2D eigenvalue weighted by Gasteiger charge is -2.10. The minimum Gasteiger partial charge on any atom is -0.366 e. The number of nitrogens with one attached hydrogen (secondary N) is 2. The minimum absolute atomic E-state index is 0.177. The SMILES string of the molecule is NC(=O)c1ccc(NC(=S)NC(=O)Cc2ccc(Cl)cc2)cc1. The molecule has 0 radical (unpaired) electrons. The number of amides is 2. The summed E-state index contributed by atoms with van der Waals surface area (Å²) in [6.45, 7) is 0. The number of hydrogen-bond donors (Lipinski definition) is 3. The van der Waals surface area contributed by atoms with E-state index in [0.717, 1.165) is 5.56 Å². The molecule has 2 amide bonds. The van der Waals surface area contributed by atoms with Crippen LogP contribution in [0.15, 0.2) is 48.5 Å². The minimum atomic E-state index is -0.504. The Bertz CT molecular complexity index is 730. The van der Waals surface area contributed by atoms with Crippen molar-refractivity contribution in [2.45, 2.75) is 6.42 Å². The molecule has 4 N–H and O–H groups in total. The van der Waals surface area contributed by atoms with Crippen LogP contribution < -0.4 is 16.4 Å². The predicted molar refractivity (Wildman–Crippen MR) is 94.5 cm³/mol. The highest BCUT2D eigenvalue weighted by molar-refractivity contribution is 7.80. The van der Waals surface area contributed by atoms with Crippen molar-refractivity contribution in [3.05, 3.63) is 64.7 Å². The molecule has 0 spiro atoms. The molecule has 0 heterocycles. The Kier molecular flexibility index (Phi) is 5.67. The molecule has 23 heavy (non-hydrogen) atoms. The number of thiocarbonyl (C=S) groups is 1. The zero-order valence-corrected chi connectivity index (χ0v) is 13.6. The molecule has 0 aliphatic rings. The smallest absolute Gasteiger partial charge is 0.248 e. The van der Waals surface area contributed by atoms with Crippen LogP contribution in [0.1, 0.15) is 15.9 Å². The van der Waals surface area contributed by atoms with Crippen LogP contribution in [0.4, 0.5) is 5.69 Å². The Morgan fingerprint density at radius 1 is 1.04 bits per heavy atom. The van der Waals surface area contributed by atoms with Gasteiger partial charge in [0, 0.05) is 16.3 Å². The summed E-state index contributed by atoms with van der Waals surface area (Å²) >= 11 is 10.9. The van der Waals surface area contributed by atoms with Gasteiger partial charge in [-0.25, -0.2) is 0 Å². The Morgan fingerprint density at radius 3 is 2.22 bits per heavy atom. The topological polar surface area (TPSA) is 84.2 Å². The van der Waals surface area contributed by atoms with Crippen LogP contribution in [0, 0.1) is 0 Å². The van der Waals surface area contributed by atoms with Gasteiger partial charge in [-0.05, 0) is 54.2 Å². The lowest BCUT2D eigenvalue weighted by Crippen LogP contribution is -2.35. The quantitative estimate of drug-likeness (QED) is 0.742. The summed E-state index contributed by atoms with van der Waals surface area (Å²) in [5.74, 6) is -0.742. The van der Waals surface area contributed by atoms with Crippen molar-refractivity contribution >= 4 is 46.4 Å². The molecule has 2 rings (SSSR count). The van der Waals surface area contributed by atoms with Gasteiger partial charge in [0.1, 0.15) is 0 Å². The van der Waals surface area contributed by atoms with E-state index in [2.05, 4.69) is 10.6 Å². The number of rotatable bonds is 4. The standard InChI is InChI=1S/C16H14ClN3O2S/c17-12-5-1-10(2-6-12)9-14(21)20-16(23)19-13-7-3-11(4-8-13)15(18)22/h1-8H,9H2,(H2,18,22)(H2,19,20,21,23). The Balaban J connectivity index is 1.87. The van der Waals surface area contributed by atoms with Gasteiger partial charge in [0.15, 0.2) is 5.11 Å². The van der Waals surface area contributed by atoms with Gasteiger partial charge in [-0.2, -0.15) is 0 Å². The molecule has 0 aliphatic carbocycles. The van der Waals surface area contributed by atoms with Crippen molar-refractivity contribution in [2.75, 3.05) is 5.32 Å². The van der Waals surface area contributed by atoms with E-state index >= 15 is 0 Å². The maximum absolute atomic E-state index is 11.9. The molecular formula is C16H14ClN3O2S. The summed E-state index contributed by atoms with van der Waals surface area (Å²) in [5.41, 5.74) is 7.04. The van der Waals surface area contributed by atoms with E-state index in [0.29, 0.717) is 16.3 Å². The molecular weight excluding hydrogens is 334 g/mol. The normalized spacial score (nSPS) is 9.96. The molecule has 7 heteroatoms. The number of hydrogen-bond acceptors (Lipinski definition) is 3. The monoisotopic (exact) mass is 347 g/mol. The van der Waals surface area contributed by atoms with Crippen LogP contribution >= 0.6 is 23.8 Å². The summed E-state index contributed by atoms with van der Waals surface area (Å²) in [5, 5.41) is 6.24. The number of carbonyl (C=O) groups is 2. The molecule has 5 nitrogen and oxygen atoms in total. The van der Waals surface area contributed by atoms with Crippen LogP contribution in [0.2, 0.25) is 5.02 Å². The van der Waals surface area contributed by atoms with Gasteiger partial charge in [0.25, 0.3) is 0 Å². The third-order valence-electron chi connectivity index (χ3n) is 2.96. The van der Waals surface area contributed by atoms with E-state index in [1.54, 1.807) is 48.5 Å². The third kappa shape index (κ3) is 5.36. The molecule has 0 aromatic heterocycles. The second-order valence-corrected chi connectivity index (χ2v) is 5.59. The van der Waals surface area contributed by atoms with E-state index in [4.69, 9.17) is 29.6 Å². The first-order chi connectivity index (χ1) is 10.9. The van der Waals surface area contributed by atoms with Crippen LogP contribution in [0.25, 0.3) is 0 Å². The molecule has 0 saturated heterocycles. The van der Waals surface area contributed by atoms with Crippen molar-refractivity contribution in [3.63, 3.8) is 0 Å². The van der Waals surface area contributed by atoms with Crippen LogP contribution in [0.5, 0.6) is 0 Å². The van der Waals surface area contributed by atoms with Gasteiger partial charge >= 0.3 is 0 Å². The van der Waals surface area contributed by atoms with E-state index < -0.39 is 5.91 Å². The van der Waals surface area contributed by atoms with Crippen molar-refractivity contribution in [1.82, 2.24) is 5.32 Å². The first-order valence-electron chi connectivity index (χ1n) is 6.69. The number of halogens is 1. The van der Waals surface area contributed by atoms with Gasteiger partial charge in [0.05, 0.1) is 6.42 Å². The molecule has 2 aromatic rings. The molecule has 0 saturated carbocycles. The highest BCUT2D eigenvalue weighted by atomic mass is 35.5. The molecule has 118 valence electrons. The van der Waals surface area contributed by atoms with Gasteiger partial charge in [-0.15, -0.1) is 0 Å². The van der Waals surface area contributed by atoms with Gasteiger partial charge in [-0.3, -0.25) is 9.59 Å². The Hall–Kier alpha value is -2.44. The summed E-state index contributed by atoms with van der Waals surface area (Å²) in [7, 11) is 0. The fourth-order valence-electron chi connectivity index (χ4n) is 1.84. The van der Waals surface area contributed by atoms with Gasteiger partial charge in [0.2, 0.25) is 11.8 Å². The van der Waals surface area contributed by atoms with Crippen LogP contribution in [-0.2, 0) is 11.2 Å². The summed E-state index contributed by atoms with van der Waals surface area (Å²) < 4.78 is 0. The zero-order chi connectivity index (χ0) is 16.8. The molecule has 0 atom stereocenters. The molecule has 0 fully saturated rings. The Morgan fingerprint density at radius 2 is 1.65 bits per heavy atom. The lowest BCUT2D eigenvalue weighted by atomic mass is 10.1. The fraction of sp³-hybridized carbons (Fsp3) is 0.0625. The largest absolute Gasteiger partial charge is 0.366 e. The van der Waals surface area contributed by atoms with Crippen molar-refractivity contribution in [1.29, 1.82) is 0 Å². The third-order valence-corrected chi connectivity index (χ3v) is 3.41. The number of nitrogens with two attached hydrogens (primary N) is 1. The maximum Gasteiger partial charge on any atom is 0.248 e. The van der Waals surface area contributed by atoms with Crippen molar-refractivity contribution in [3.8, 4) is 0 Å². The second-order valence-electron chi connectivity index (χ2n) is 4.75. The molecule has 0 aliphatic heterocycles. The maximum atomic E-state index is 11.9. The van der Waals surface area contributed by atoms with Crippen molar-refractivity contribution in [2.24, 2.45) is 5.73 Å². The number of primary amides is 1. The second kappa shape index (κ2) is 7.71. The van der Waals surface area contributed by atoms with Crippen LogP contribution in [0.3, 0.4) is 0 Å². The van der Waals surface area contributed by atoms with Crippen LogP contribution in [-0.4, -0.2) is 16.9 Å². The van der Waals surface area contributed by atoms with E-state index in [9.17, 15) is 9.59 Å². The number of anilines is 1. The first kappa shape index (κ1) is 16.9. The number of benzene rings is 2. The summed E-state index contributed by atoms with van der Waals surface area (Å²) in [4.78, 5) is 22.9. The van der Waals surface area contributed by atoms with E-state index in [1.807, 2.05) is 0 Å². The van der Waals surface area contributed by atoms with Gasteiger partial charge in [-0.1, -0.05) is 23.7 Å². The summed E-state index contributed by atoms with van der Waals surface area (Å²) in [6, 6.07) is 13.4. The van der Waals surface area contributed by atoms with E-state index in [-0.39, 0.29) is 17.4 Å². The average molecular weight is 348 g/mol. The molecule has 0 unspecified atom stereocenters. The van der Waals surface area contributed by atoms with E-state index in [1.165, 1.54) is 0 Å². The van der Waals surface area contributed by atoms with Crippen molar-refractivity contribution < 1.29 is 9.59 Å². The zero-order valence-electron chi connectivity index (χ0n) is 12.0. The highest BCUT2D eigenvalue weighted by Gasteiger charge is 2.07. The molecule has 2 aromatic carbocycles. The first-order valence-corrected chi connectivity index (χ1v) is 7.48. The predicted octanol–water partition coefficient (Wildman–Crippen LogP) is 2.49. The average Bonchev–Trinajstić information content (AvgIpc) is 2.50. The lowest BCUT2D eigenvalue weighted by molar-refractivity contribution is -0.119. The molecule has 0 bridgehead atoms. The van der Waals surface area contributed by atoms with Gasteiger partial charge < -0.3 is 16.4 Å². The Labute approximate surface area is 143 Å². The summed E-state index contributed by atoms with van der Waals surface area (Å²) in [6.07, 6.45) is 0.194. The number of carbonyl (C=O) groups excluding carboxylic acids is 2. The highest BCUT2D eigenvalue weighted by Crippen LogP contribution is 2.10. The fourth-order valence-corrected chi connectivity index (χ4v) is 2.20.